The van der Waals surface area contributed by atoms with E-state index < -0.39 is 14.6 Å². The maximum atomic E-state index is 12.2. The summed E-state index contributed by atoms with van der Waals surface area (Å²) < 4.78 is 29.6. The summed E-state index contributed by atoms with van der Waals surface area (Å²) in [6.07, 6.45) is 6.26. The van der Waals surface area contributed by atoms with Gasteiger partial charge in [-0.25, -0.2) is 8.42 Å². The van der Waals surface area contributed by atoms with E-state index in [2.05, 4.69) is 22.5 Å². The summed E-state index contributed by atoms with van der Waals surface area (Å²) in [7, 11) is -1.40. The molecule has 2 aliphatic rings. The molecular weight excluding hydrogens is 465 g/mol. The van der Waals surface area contributed by atoms with Gasteiger partial charge in [-0.05, 0) is 47.0 Å². The number of ether oxygens (including phenoxy) is 1. The van der Waals surface area contributed by atoms with Crippen molar-refractivity contribution in [2.45, 2.75) is 76.7 Å². The predicted octanol–water partition coefficient (Wildman–Crippen LogP) is 2.72. The molecule has 0 aromatic heterocycles. The quantitative estimate of drug-likeness (QED) is 0.333. The Balaban J connectivity index is 0.00000338. The molecule has 0 aliphatic heterocycles. The van der Waals surface area contributed by atoms with E-state index in [9.17, 15) is 8.42 Å². The van der Waals surface area contributed by atoms with Crippen molar-refractivity contribution in [3.8, 4) is 0 Å². The van der Waals surface area contributed by atoms with Crippen molar-refractivity contribution in [2.24, 2.45) is 10.4 Å². The average molecular weight is 501 g/mol. The second kappa shape index (κ2) is 9.41. The van der Waals surface area contributed by atoms with Crippen LogP contribution in [0.5, 0.6) is 0 Å². The fraction of sp³-hybridized carbons (Fsp3) is 0.944. The molecule has 0 aromatic rings. The highest BCUT2D eigenvalue weighted by Crippen LogP contribution is 2.54. The molecule has 2 fully saturated rings. The Bertz CT molecular complexity index is 581. The molecule has 0 amide bonds. The topological polar surface area (TPSA) is 79.8 Å². The van der Waals surface area contributed by atoms with Crippen LogP contribution < -0.4 is 10.6 Å². The number of hydrogen-bond acceptors (Lipinski definition) is 4. The Labute approximate surface area is 176 Å². The van der Waals surface area contributed by atoms with Crippen LogP contribution in [0.25, 0.3) is 0 Å². The summed E-state index contributed by atoms with van der Waals surface area (Å²) in [6, 6.07) is 0.358. The van der Waals surface area contributed by atoms with E-state index in [4.69, 9.17) is 4.74 Å². The average Bonchev–Trinajstić information content (AvgIpc) is 3.03. The minimum atomic E-state index is -3.13. The summed E-state index contributed by atoms with van der Waals surface area (Å²) in [6.45, 7) is 8.40. The van der Waals surface area contributed by atoms with Crippen molar-refractivity contribution in [1.82, 2.24) is 10.6 Å². The third-order valence-electron chi connectivity index (χ3n) is 5.82. The molecule has 0 radical (unpaired) electrons. The first-order valence-electron chi connectivity index (χ1n) is 9.47. The summed E-state index contributed by atoms with van der Waals surface area (Å²) in [4.78, 5) is 4.28. The number of guanidine groups is 1. The Morgan fingerprint density at radius 1 is 1.27 bits per heavy atom. The van der Waals surface area contributed by atoms with Crippen LogP contribution in [0.2, 0.25) is 0 Å². The standard InChI is InChI=1S/C18H35N3O3S.HI/c1-6-24-15-13-14(18(15)9-7-8-10-18)21-16(19-5)20-11-12-25(22,23)17(2,3)4;/h14-15H,6-13H2,1-5H3,(H2,19,20,21);1H. The van der Waals surface area contributed by atoms with Crippen LogP contribution in [-0.2, 0) is 14.6 Å². The van der Waals surface area contributed by atoms with Gasteiger partial charge in [0, 0.05) is 31.7 Å². The van der Waals surface area contributed by atoms with Crippen molar-refractivity contribution in [3.05, 3.63) is 0 Å². The lowest BCUT2D eigenvalue weighted by atomic mass is 9.60. The van der Waals surface area contributed by atoms with Gasteiger partial charge in [-0.15, -0.1) is 24.0 Å². The van der Waals surface area contributed by atoms with Crippen molar-refractivity contribution in [3.63, 3.8) is 0 Å². The highest BCUT2D eigenvalue weighted by atomic mass is 127. The Morgan fingerprint density at radius 3 is 2.38 bits per heavy atom. The van der Waals surface area contributed by atoms with Crippen LogP contribution in [0.15, 0.2) is 4.99 Å². The van der Waals surface area contributed by atoms with Gasteiger partial charge in [-0.3, -0.25) is 4.99 Å². The third-order valence-corrected chi connectivity index (χ3v) is 8.43. The number of aliphatic imine (C=N–C) groups is 1. The number of nitrogens with one attached hydrogen (secondary N) is 2. The molecule has 0 heterocycles. The number of halogens is 1. The van der Waals surface area contributed by atoms with E-state index in [1.165, 1.54) is 25.7 Å². The molecule has 26 heavy (non-hydrogen) atoms. The van der Waals surface area contributed by atoms with Crippen molar-refractivity contribution >= 4 is 39.8 Å². The lowest BCUT2D eigenvalue weighted by Gasteiger charge is -2.54. The third kappa shape index (κ3) is 5.04. The minimum absolute atomic E-state index is 0. The SMILES string of the molecule is CCOC1CC(NC(=NC)NCCS(=O)(=O)C(C)(C)C)C12CCCC2.I. The molecule has 2 aliphatic carbocycles. The van der Waals surface area contributed by atoms with Crippen LogP contribution in [0, 0.1) is 5.41 Å². The second-order valence-electron chi connectivity index (χ2n) is 8.25. The molecule has 2 saturated carbocycles. The number of sulfone groups is 1. The normalized spacial score (nSPS) is 25.5. The van der Waals surface area contributed by atoms with Crippen molar-refractivity contribution < 1.29 is 13.2 Å². The zero-order chi connectivity index (χ0) is 18.7. The highest BCUT2D eigenvalue weighted by molar-refractivity contribution is 14.0. The van der Waals surface area contributed by atoms with Gasteiger partial charge in [0.1, 0.15) is 0 Å². The van der Waals surface area contributed by atoms with Gasteiger partial charge >= 0.3 is 0 Å². The van der Waals surface area contributed by atoms with Gasteiger partial charge in [0.2, 0.25) is 0 Å². The zero-order valence-electron chi connectivity index (χ0n) is 16.8. The number of rotatable bonds is 6. The largest absolute Gasteiger partial charge is 0.378 e. The van der Waals surface area contributed by atoms with E-state index in [-0.39, 0.29) is 35.1 Å². The molecular formula is C18H36IN3O3S. The fourth-order valence-electron chi connectivity index (χ4n) is 4.06. The van der Waals surface area contributed by atoms with Crippen LogP contribution in [0.1, 0.15) is 59.8 Å². The van der Waals surface area contributed by atoms with Gasteiger partial charge < -0.3 is 15.4 Å². The first kappa shape index (κ1) is 23.9. The molecule has 154 valence electrons. The molecule has 2 atom stereocenters. The summed E-state index contributed by atoms with van der Waals surface area (Å²) in [5.41, 5.74) is 0.227. The van der Waals surface area contributed by atoms with Crippen molar-refractivity contribution in [1.29, 1.82) is 0 Å². The molecule has 6 nitrogen and oxygen atoms in total. The van der Waals surface area contributed by atoms with Crippen LogP contribution in [0.3, 0.4) is 0 Å². The van der Waals surface area contributed by atoms with Crippen LogP contribution >= 0.6 is 24.0 Å². The molecule has 2 N–H and O–H groups in total. The molecule has 2 unspecified atom stereocenters. The molecule has 8 heteroatoms. The lowest BCUT2D eigenvalue weighted by Crippen LogP contribution is -2.65. The van der Waals surface area contributed by atoms with Gasteiger partial charge in [0.25, 0.3) is 0 Å². The Kier molecular flexibility index (Phi) is 8.66. The van der Waals surface area contributed by atoms with Crippen LogP contribution in [0.4, 0.5) is 0 Å². The Morgan fingerprint density at radius 2 is 1.88 bits per heavy atom. The van der Waals surface area contributed by atoms with Gasteiger partial charge in [0.15, 0.2) is 15.8 Å². The molecule has 2 rings (SSSR count). The van der Waals surface area contributed by atoms with E-state index in [0.717, 1.165) is 13.0 Å². The molecule has 0 aromatic carbocycles. The molecule has 0 bridgehead atoms. The first-order chi connectivity index (χ1) is 11.7. The fourth-order valence-corrected chi connectivity index (χ4v) is 5.04. The number of nitrogens with zero attached hydrogens (tertiary/aromatic N) is 1. The molecule has 0 saturated heterocycles. The maximum absolute atomic E-state index is 12.2. The van der Waals surface area contributed by atoms with Gasteiger partial charge in [0.05, 0.1) is 16.6 Å². The Hall–Kier alpha value is -0.0900. The molecule has 1 spiro atoms. The smallest absolute Gasteiger partial charge is 0.191 e. The summed E-state index contributed by atoms with van der Waals surface area (Å²) in [5, 5.41) is 6.68. The second-order valence-corrected chi connectivity index (χ2v) is 11.1. The summed E-state index contributed by atoms with van der Waals surface area (Å²) >= 11 is 0. The van der Waals surface area contributed by atoms with E-state index in [0.29, 0.717) is 24.7 Å². The van der Waals surface area contributed by atoms with Crippen molar-refractivity contribution in [2.75, 3.05) is 26.0 Å². The number of hydrogen-bond donors (Lipinski definition) is 2. The minimum Gasteiger partial charge on any atom is -0.378 e. The van der Waals surface area contributed by atoms with Crippen LogP contribution in [-0.4, -0.2) is 57.2 Å². The summed E-state index contributed by atoms with van der Waals surface area (Å²) in [5.74, 6) is 0.796. The monoisotopic (exact) mass is 501 g/mol. The van der Waals surface area contributed by atoms with E-state index in [1.54, 1.807) is 27.8 Å². The van der Waals surface area contributed by atoms with Gasteiger partial charge in [-0.1, -0.05) is 12.8 Å². The first-order valence-corrected chi connectivity index (χ1v) is 11.1. The maximum Gasteiger partial charge on any atom is 0.191 e. The van der Waals surface area contributed by atoms with E-state index in [1.807, 2.05) is 0 Å². The van der Waals surface area contributed by atoms with Gasteiger partial charge in [-0.2, -0.15) is 0 Å². The van der Waals surface area contributed by atoms with E-state index >= 15 is 0 Å². The lowest BCUT2D eigenvalue weighted by molar-refractivity contribution is -0.125. The zero-order valence-corrected chi connectivity index (χ0v) is 19.9. The predicted molar refractivity (Wildman–Crippen MR) is 118 cm³/mol. The highest BCUT2D eigenvalue weighted by Gasteiger charge is 2.56.